The standard InChI is InChI=1S/C19H24N2O4S/c1-14(2)11-12-25-17-7-5-16(6-8-17)19(22)21-13-15-3-9-18(10-4-15)26(20,23)24/h3-10,14H,11-13H2,1-2H3,(H,21,22)(H2,20,23,24). The third-order valence-corrected chi connectivity index (χ3v) is 4.71. The summed E-state index contributed by atoms with van der Waals surface area (Å²) in [4.78, 5) is 12.2. The molecule has 0 aliphatic carbocycles. The molecule has 0 aliphatic heterocycles. The van der Waals surface area contributed by atoms with Crippen molar-refractivity contribution >= 4 is 15.9 Å². The maximum Gasteiger partial charge on any atom is 0.251 e. The SMILES string of the molecule is CC(C)CCOc1ccc(C(=O)NCc2ccc(S(N)(=O)=O)cc2)cc1. The first-order valence-electron chi connectivity index (χ1n) is 8.38. The number of nitrogens with two attached hydrogens (primary N) is 1. The smallest absolute Gasteiger partial charge is 0.251 e. The summed E-state index contributed by atoms with van der Waals surface area (Å²) in [6.45, 7) is 5.21. The molecule has 0 heterocycles. The predicted octanol–water partition coefficient (Wildman–Crippen LogP) is 2.69. The zero-order valence-electron chi connectivity index (χ0n) is 14.9. The highest BCUT2D eigenvalue weighted by molar-refractivity contribution is 7.89. The molecule has 2 aromatic rings. The number of carbonyl (C=O) groups is 1. The van der Waals surface area contributed by atoms with Crippen LogP contribution in [0, 0.1) is 5.92 Å². The Hall–Kier alpha value is -2.38. The highest BCUT2D eigenvalue weighted by atomic mass is 32.2. The lowest BCUT2D eigenvalue weighted by atomic mass is 10.1. The minimum Gasteiger partial charge on any atom is -0.494 e. The molecule has 0 radical (unpaired) electrons. The lowest BCUT2D eigenvalue weighted by Crippen LogP contribution is -2.22. The number of hydrogen-bond acceptors (Lipinski definition) is 4. The van der Waals surface area contributed by atoms with Crippen LogP contribution in [0.25, 0.3) is 0 Å². The topological polar surface area (TPSA) is 98.5 Å². The van der Waals surface area contributed by atoms with E-state index < -0.39 is 10.0 Å². The molecular formula is C19H24N2O4S. The van der Waals surface area contributed by atoms with Gasteiger partial charge in [-0.05, 0) is 54.3 Å². The number of hydrogen-bond donors (Lipinski definition) is 2. The summed E-state index contributed by atoms with van der Waals surface area (Å²) in [5.41, 5.74) is 1.31. The minimum atomic E-state index is -3.71. The van der Waals surface area contributed by atoms with Gasteiger partial charge < -0.3 is 10.1 Å². The maximum atomic E-state index is 12.2. The largest absolute Gasteiger partial charge is 0.494 e. The molecule has 0 spiro atoms. The van der Waals surface area contributed by atoms with Crippen molar-refractivity contribution in [3.63, 3.8) is 0 Å². The second-order valence-electron chi connectivity index (χ2n) is 6.43. The molecule has 0 saturated carbocycles. The Balaban J connectivity index is 1.87. The third-order valence-electron chi connectivity index (χ3n) is 3.79. The number of amides is 1. The summed E-state index contributed by atoms with van der Waals surface area (Å²) < 4.78 is 28.1. The quantitative estimate of drug-likeness (QED) is 0.740. The van der Waals surface area contributed by atoms with E-state index in [1.54, 1.807) is 36.4 Å². The van der Waals surface area contributed by atoms with Gasteiger partial charge in [0.15, 0.2) is 0 Å². The van der Waals surface area contributed by atoms with Crippen LogP contribution in [0.4, 0.5) is 0 Å². The Labute approximate surface area is 154 Å². The number of primary sulfonamides is 1. The molecule has 0 atom stereocenters. The van der Waals surface area contributed by atoms with E-state index in [4.69, 9.17) is 9.88 Å². The fraction of sp³-hybridized carbons (Fsp3) is 0.316. The van der Waals surface area contributed by atoms with Crippen molar-refractivity contribution in [2.75, 3.05) is 6.61 Å². The second-order valence-corrected chi connectivity index (χ2v) is 7.99. The number of carbonyl (C=O) groups excluding carboxylic acids is 1. The second kappa shape index (κ2) is 8.82. The molecule has 6 nitrogen and oxygen atoms in total. The van der Waals surface area contributed by atoms with Crippen molar-refractivity contribution in [1.29, 1.82) is 0 Å². The van der Waals surface area contributed by atoms with E-state index in [1.165, 1.54) is 12.1 Å². The number of benzene rings is 2. The van der Waals surface area contributed by atoms with Crippen LogP contribution in [0.3, 0.4) is 0 Å². The van der Waals surface area contributed by atoms with Crippen LogP contribution in [-0.2, 0) is 16.6 Å². The van der Waals surface area contributed by atoms with Crippen molar-refractivity contribution in [1.82, 2.24) is 5.32 Å². The van der Waals surface area contributed by atoms with Crippen LogP contribution in [0.1, 0.15) is 36.2 Å². The summed E-state index contributed by atoms with van der Waals surface area (Å²) >= 11 is 0. The molecule has 1 amide bonds. The Morgan fingerprint density at radius 1 is 1.08 bits per heavy atom. The van der Waals surface area contributed by atoms with Crippen LogP contribution in [0.2, 0.25) is 0 Å². The summed E-state index contributed by atoms with van der Waals surface area (Å²) in [6.07, 6.45) is 0.979. The molecule has 26 heavy (non-hydrogen) atoms. The molecule has 3 N–H and O–H groups in total. The van der Waals surface area contributed by atoms with Gasteiger partial charge in [-0.25, -0.2) is 13.6 Å². The first-order valence-corrected chi connectivity index (χ1v) is 9.93. The van der Waals surface area contributed by atoms with Gasteiger partial charge >= 0.3 is 0 Å². The fourth-order valence-electron chi connectivity index (χ4n) is 2.20. The van der Waals surface area contributed by atoms with Crippen LogP contribution in [0.5, 0.6) is 5.75 Å². The molecule has 0 unspecified atom stereocenters. The van der Waals surface area contributed by atoms with E-state index >= 15 is 0 Å². The normalized spacial score (nSPS) is 11.4. The first-order chi connectivity index (χ1) is 12.3. The zero-order valence-corrected chi connectivity index (χ0v) is 15.8. The van der Waals surface area contributed by atoms with E-state index in [2.05, 4.69) is 19.2 Å². The van der Waals surface area contributed by atoms with Crippen molar-refractivity contribution < 1.29 is 17.9 Å². The van der Waals surface area contributed by atoms with Crippen molar-refractivity contribution in [3.8, 4) is 5.75 Å². The van der Waals surface area contributed by atoms with Gasteiger partial charge in [0.1, 0.15) is 5.75 Å². The van der Waals surface area contributed by atoms with Crippen molar-refractivity contribution in [2.24, 2.45) is 11.1 Å². The van der Waals surface area contributed by atoms with Gasteiger partial charge in [0, 0.05) is 12.1 Å². The van der Waals surface area contributed by atoms with Crippen molar-refractivity contribution in [3.05, 3.63) is 59.7 Å². The molecule has 7 heteroatoms. The predicted molar refractivity (Wildman–Crippen MR) is 100 cm³/mol. The van der Waals surface area contributed by atoms with E-state index in [0.29, 0.717) is 18.1 Å². The molecule has 2 aromatic carbocycles. The van der Waals surface area contributed by atoms with Crippen molar-refractivity contribution in [2.45, 2.75) is 31.7 Å². The fourth-order valence-corrected chi connectivity index (χ4v) is 2.71. The van der Waals surface area contributed by atoms with Gasteiger partial charge in [-0.3, -0.25) is 4.79 Å². The van der Waals surface area contributed by atoms with Gasteiger partial charge in [0.05, 0.1) is 11.5 Å². The maximum absolute atomic E-state index is 12.2. The molecule has 140 valence electrons. The van der Waals surface area contributed by atoms with E-state index in [9.17, 15) is 13.2 Å². The molecule has 2 rings (SSSR count). The Kier molecular flexibility index (Phi) is 6.76. The Morgan fingerprint density at radius 2 is 1.69 bits per heavy atom. The van der Waals surface area contributed by atoms with Gasteiger partial charge in [-0.1, -0.05) is 26.0 Å². The highest BCUT2D eigenvalue weighted by Crippen LogP contribution is 2.14. The van der Waals surface area contributed by atoms with E-state index in [-0.39, 0.29) is 17.3 Å². The zero-order chi connectivity index (χ0) is 19.2. The average molecular weight is 376 g/mol. The van der Waals surface area contributed by atoms with E-state index in [0.717, 1.165) is 17.7 Å². The summed E-state index contributed by atoms with van der Waals surface area (Å²) in [5.74, 6) is 1.11. The Bertz CT molecular complexity index is 829. The van der Waals surface area contributed by atoms with Gasteiger partial charge in [-0.2, -0.15) is 0 Å². The number of nitrogens with one attached hydrogen (secondary N) is 1. The lowest BCUT2D eigenvalue weighted by molar-refractivity contribution is 0.0951. The molecule has 0 bridgehead atoms. The van der Waals surface area contributed by atoms with Crippen LogP contribution >= 0.6 is 0 Å². The summed E-state index contributed by atoms with van der Waals surface area (Å²) in [5, 5.41) is 7.85. The number of ether oxygens (including phenoxy) is 1. The van der Waals surface area contributed by atoms with Gasteiger partial charge in [-0.15, -0.1) is 0 Å². The number of sulfonamides is 1. The highest BCUT2D eigenvalue weighted by Gasteiger charge is 2.08. The molecule has 0 aliphatic rings. The van der Waals surface area contributed by atoms with Crippen LogP contribution in [-0.4, -0.2) is 20.9 Å². The van der Waals surface area contributed by atoms with Crippen LogP contribution in [0.15, 0.2) is 53.4 Å². The third kappa shape index (κ3) is 6.16. The molecule has 0 fully saturated rings. The van der Waals surface area contributed by atoms with Gasteiger partial charge in [0.2, 0.25) is 10.0 Å². The first kappa shape index (κ1) is 19.9. The average Bonchev–Trinajstić information content (AvgIpc) is 2.59. The number of rotatable bonds is 8. The minimum absolute atomic E-state index is 0.0423. The summed E-state index contributed by atoms with van der Waals surface area (Å²) in [7, 11) is -3.71. The molecule has 0 aromatic heterocycles. The van der Waals surface area contributed by atoms with E-state index in [1.807, 2.05) is 0 Å². The molecule has 0 saturated heterocycles. The lowest BCUT2D eigenvalue weighted by Gasteiger charge is -2.09. The van der Waals surface area contributed by atoms with Crippen LogP contribution < -0.4 is 15.2 Å². The monoisotopic (exact) mass is 376 g/mol. The molecular weight excluding hydrogens is 352 g/mol. The van der Waals surface area contributed by atoms with Gasteiger partial charge in [0.25, 0.3) is 5.91 Å². The summed E-state index contributed by atoms with van der Waals surface area (Å²) in [6, 6.07) is 13.0. The Morgan fingerprint density at radius 3 is 2.23 bits per heavy atom.